The monoisotopic (exact) mass is 223 g/mol. The molecule has 1 aliphatic rings. The minimum atomic E-state index is 0.362. The fourth-order valence-corrected chi connectivity index (χ4v) is 2.84. The van der Waals surface area contributed by atoms with Gasteiger partial charge >= 0.3 is 0 Å². The standard InChI is InChI=1S/C12H17NOS/c14-11-4-3-5-12(10-11)15-9-8-13-6-1-2-7-13/h3-5,10,14H,1-2,6-9H2. The van der Waals surface area contributed by atoms with Crippen LogP contribution in [0.1, 0.15) is 12.8 Å². The quantitative estimate of drug-likeness (QED) is 0.794. The van der Waals surface area contributed by atoms with Crippen LogP contribution in [0.25, 0.3) is 0 Å². The second-order valence-electron chi connectivity index (χ2n) is 3.89. The highest BCUT2D eigenvalue weighted by Gasteiger charge is 2.10. The smallest absolute Gasteiger partial charge is 0.116 e. The van der Waals surface area contributed by atoms with E-state index in [-0.39, 0.29) is 0 Å². The van der Waals surface area contributed by atoms with Crippen molar-refractivity contribution in [2.45, 2.75) is 17.7 Å². The summed E-state index contributed by atoms with van der Waals surface area (Å²) in [6.45, 7) is 3.70. The van der Waals surface area contributed by atoms with Gasteiger partial charge < -0.3 is 10.0 Å². The summed E-state index contributed by atoms with van der Waals surface area (Å²) in [6.07, 6.45) is 2.72. The molecule has 0 spiro atoms. The second-order valence-corrected chi connectivity index (χ2v) is 5.06. The summed E-state index contributed by atoms with van der Waals surface area (Å²) in [4.78, 5) is 3.67. The van der Waals surface area contributed by atoms with Crippen LogP contribution in [0.2, 0.25) is 0 Å². The zero-order valence-electron chi connectivity index (χ0n) is 8.85. The predicted molar refractivity (Wildman–Crippen MR) is 64.5 cm³/mol. The number of hydrogen-bond acceptors (Lipinski definition) is 3. The van der Waals surface area contributed by atoms with E-state index in [9.17, 15) is 5.11 Å². The third-order valence-corrected chi connectivity index (χ3v) is 3.67. The molecule has 0 radical (unpaired) electrons. The summed E-state index contributed by atoms with van der Waals surface area (Å²) >= 11 is 1.82. The van der Waals surface area contributed by atoms with Crippen LogP contribution in [0.4, 0.5) is 0 Å². The van der Waals surface area contributed by atoms with Crippen LogP contribution in [0.15, 0.2) is 29.2 Å². The van der Waals surface area contributed by atoms with E-state index in [4.69, 9.17) is 0 Å². The molecule has 0 aromatic heterocycles. The maximum Gasteiger partial charge on any atom is 0.116 e. The summed E-state index contributed by atoms with van der Waals surface area (Å²) < 4.78 is 0. The van der Waals surface area contributed by atoms with E-state index in [1.165, 1.54) is 32.5 Å². The number of phenolic OH excluding ortho intramolecular Hbond substituents is 1. The highest BCUT2D eigenvalue weighted by Crippen LogP contribution is 2.22. The van der Waals surface area contributed by atoms with Gasteiger partial charge in [-0.25, -0.2) is 0 Å². The summed E-state index contributed by atoms with van der Waals surface area (Å²) in [6, 6.07) is 7.49. The van der Waals surface area contributed by atoms with Crippen molar-refractivity contribution in [1.29, 1.82) is 0 Å². The van der Waals surface area contributed by atoms with Crippen molar-refractivity contribution in [1.82, 2.24) is 4.90 Å². The fourth-order valence-electron chi connectivity index (χ4n) is 1.87. The number of likely N-dealkylation sites (tertiary alicyclic amines) is 1. The van der Waals surface area contributed by atoms with E-state index in [1.807, 2.05) is 30.0 Å². The summed E-state index contributed by atoms with van der Waals surface area (Å²) in [5.41, 5.74) is 0. The molecule has 1 N–H and O–H groups in total. The lowest BCUT2D eigenvalue weighted by Gasteiger charge is -2.13. The zero-order valence-corrected chi connectivity index (χ0v) is 9.67. The topological polar surface area (TPSA) is 23.5 Å². The number of hydrogen-bond donors (Lipinski definition) is 1. The Balaban J connectivity index is 1.73. The van der Waals surface area contributed by atoms with Gasteiger partial charge in [0.05, 0.1) is 0 Å². The molecule has 15 heavy (non-hydrogen) atoms. The Hall–Kier alpha value is -0.670. The molecule has 1 fully saturated rings. The Kier molecular flexibility index (Phi) is 3.92. The van der Waals surface area contributed by atoms with Crippen molar-refractivity contribution >= 4 is 11.8 Å². The van der Waals surface area contributed by atoms with Gasteiger partial charge in [-0.1, -0.05) is 6.07 Å². The molecular weight excluding hydrogens is 206 g/mol. The van der Waals surface area contributed by atoms with Crippen LogP contribution in [0.3, 0.4) is 0 Å². The lowest BCUT2D eigenvalue weighted by molar-refractivity contribution is 0.362. The lowest BCUT2D eigenvalue weighted by Crippen LogP contribution is -2.21. The van der Waals surface area contributed by atoms with Gasteiger partial charge in [0.1, 0.15) is 5.75 Å². The van der Waals surface area contributed by atoms with Gasteiger partial charge in [0.25, 0.3) is 0 Å². The van der Waals surface area contributed by atoms with Crippen molar-refractivity contribution in [2.24, 2.45) is 0 Å². The van der Waals surface area contributed by atoms with Crippen LogP contribution in [-0.2, 0) is 0 Å². The Morgan fingerprint density at radius 3 is 2.80 bits per heavy atom. The van der Waals surface area contributed by atoms with Crippen LogP contribution < -0.4 is 0 Å². The Labute approximate surface area is 95.3 Å². The van der Waals surface area contributed by atoms with Crippen molar-refractivity contribution in [2.75, 3.05) is 25.4 Å². The minimum Gasteiger partial charge on any atom is -0.508 e. The molecule has 0 amide bonds. The third-order valence-electron chi connectivity index (χ3n) is 2.69. The highest BCUT2D eigenvalue weighted by atomic mass is 32.2. The maximum absolute atomic E-state index is 9.30. The molecule has 1 aromatic carbocycles. The van der Waals surface area contributed by atoms with E-state index < -0.39 is 0 Å². The van der Waals surface area contributed by atoms with Crippen LogP contribution >= 0.6 is 11.8 Å². The summed E-state index contributed by atoms with van der Waals surface area (Å²) in [5.74, 6) is 1.48. The van der Waals surface area contributed by atoms with Crippen molar-refractivity contribution in [3.8, 4) is 5.75 Å². The first-order valence-corrected chi connectivity index (χ1v) is 6.47. The minimum absolute atomic E-state index is 0.362. The van der Waals surface area contributed by atoms with Crippen molar-refractivity contribution in [3.63, 3.8) is 0 Å². The average molecular weight is 223 g/mol. The first kappa shape index (κ1) is 10.8. The molecule has 2 nitrogen and oxygen atoms in total. The van der Waals surface area contributed by atoms with Gasteiger partial charge in [-0.2, -0.15) is 0 Å². The number of phenols is 1. The SMILES string of the molecule is Oc1cccc(SCCN2CCCC2)c1. The summed E-state index contributed by atoms with van der Waals surface area (Å²) in [7, 11) is 0. The number of thioether (sulfide) groups is 1. The normalized spacial score (nSPS) is 17.1. The highest BCUT2D eigenvalue weighted by molar-refractivity contribution is 7.99. The first-order valence-electron chi connectivity index (χ1n) is 5.49. The molecule has 82 valence electrons. The van der Waals surface area contributed by atoms with Gasteiger partial charge in [0.15, 0.2) is 0 Å². The van der Waals surface area contributed by atoms with Gasteiger partial charge in [-0.3, -0.25) is 0 Å². The molecule has 2 rings (SSSR count). The van der Waals surface area contributed by atoms with E-state index in [0.717, 1.165) is 10.6 Å². The third kappa shape index (κ3) is 3.43. The van der Waals surface area contributed by atoms with E-state index in [1.54, 1.807) is 6.07 Å². The van der Waals surface area contributed by atoms with Gasteiger partial charge in [-0.15, -0.1) is 11.8 Å². The molecule has 1 heterocycles. The molecule has 0 saturated carbocycles. The van der Waals surface area contributed by atoms with Gasteiger partial charge in [0.2, 0.25) is 0 Å². The largest absolute Gasteiger partial charge is 0.508 e. The Morgan fingerprint density at radius 1 is 1.27 bits per heavy atom. The second kappa shape index (κ2) is 5.42. The van der Waals surface area contributed by atoms with Crippen molar-refractivity contribution in [3.05, 3.63) is 24.3 Å². The first-order chi connectivity index (χ1) is 7.34. The zero-order chi connectivity index (χ0) is 10.5. The fraction of sp³-hybridized carbons (Fsp3) is 0.500. The van der Waals surface area contributed by atoms with Crippen LogP contribution in [0, 0.1) is 0 Å². The predicted octanol–water partition coefficient (Wildman–Crippen LogP) is 2.58. The number of nitrogens with zero attached hydrogens (tertiary/aromatic N) is 1. The van der Waals surface area contributed by atoms with E-state index >= 15 is 0 Å². The maximum atomic E-state index is 9.30. The van der Waals surface area contributed by atoms with Gasteiger partial charge in [-0.05, 0) is 44.1 Å². The van der Waals surface area contributed by atoms with Gasteiger partial charge in [0, 0.05) is 17.2 Å². The molecule has 3 heteroatoms. The molecule has 0 unspecified atom stereocenters. The number of rotatable bonds is 4. The molecule has 1 saturated heterocycles. The Morgan fingerprint density at radius 2 is 2.07 bits per heavy atom. The number of aromatic hydroxyl groups is 1. The average Bonchev–Trinajstić information content (AvgIpc) is 2.71. The molecule has 1 aliphatic heterocycles. The van der Waals surface area contributed by atoms with E-state index in [2.05, 4.69) is 4.90 Å². The van der Waals surface area contributed by atoms with Crippen molar-refractivity contribution < 1.29 is 5.11 Å². The van der Waals surface area contributed by atoms with Crippen LogP contribution in [-0.4, -0.2) is 35.4 Å². The molecule has 0 bridgehead atoms. The lowest BCUT2D eigenvalue weighted by atomic mass is 10.3. The molecule has 1 aromatic rings. The van der Waals surface area contributed by atoms with E-state index in [0.29, 0.717) is 5.75 Å². The van der Waals surface area contributed by atoms with Crippen LogP contribution in [0.5, 0.6) is 5.75 Å². The molecular formula is C12H17NOS. The summed E-state index contributed by atoms with van der Waals surface area (Å²) in [5, 5.41) is 9.30. The molecule has 0 atom stereocenters. The Bertz CT molecular complexity index is 310. The molecule has 0 aliphatic carbocycles. The number of benzene rings is 1.